The third kappa shape index (κ3) is 2.58. The van der Waals surface area contributed by atoms with Crippen LogP contribution in [0.4, 0.5) is 13.2 Å². The summed E-state index contributed by atoms with van der Waals surface area (Å²) in [4.78, 5) is 11.1. The molecule has 0 aliphatic heterocycles. The van der Waals surface area contributed by atoms with Crippen LogP contribution in [0.3, 0.4) is 0 Å². The number of hydrogen-bond acceptors (Lipinski definition) is 1. The first-order valence-corrected chi connectivity index (χ1v) is 4.50. The van der Waals surface area contributed by atoms with Crippen LogP contribution in [0, 0.1) is 0 Å². The lowest BCUT2D eigenvalue weighted by Gasteiger charge is -2.15. The molecule has 0 bridgehead atoms. The zero-order chi connectivity index (χ0) is 11.6. The predicted molar refractivity (Wildman–Crippen MR) is 50.5 cm³/mol. The van der Waals surface area contributed by atoms with Crippen molar-refractivity contribution in [1.29, 1.82) is 0 Å². The molecule has 0 aliphatic rings. The van der Waals surface area contributed by atoms with E-state index in [-0.39, 0.29) is 11.3 Å². The van der Waals surface area contributed by atoms with Gasteiger partial charge >= 0.3 is 6.18 Å². The van der Waals surface area contributed by atoms with Crippen molar-refractivity contribution in [2.24, 2.45) is 0 Å². The van der Waals surface area contributed by atoms with Gasteiger partial charge in [-0.05, 0) is 18.6 Å². The Bertz CT molecular complexity index is 368. The highest BCUT2D eigenvalue weighted by molar-refractivity contribution is 5.83. The topological polar surface area (TPSA) is 17.1 Å². The number of Topliss-reactive ketones (excluding diaryl/α,β-unsaturated/α-hetero) is 1. The van der Waals surface area contributed by atoms with Crippen molar-refractivity contribution in [2.45, 2.75) is 25.9 Å². The van der Waals surface area contributed by atoms with E-state index in [0.29, 0.717) is 0 Å². The molecule has 1 aromatic rings. The Kier molecular flexibility index (Phi) is 3.17. The highest BCUT2D eigenvalue weighted by atomic mass is 19.4. The van der Waals surface area contributed by atoms with Crippen LogP contribution in [-0.2, 0) is 11.0 Å². The summed E-state index contributed by atoms with van der Waals surface area (Å²) in [6, 6.07) is 5.16. The van der Waals surface area contributed by atoms with E-state index >= 15 is 0 Å². The van der Waals surface area contributed by atoms with E-state index in [0.717, 1.165) is 6.07 Å². The lowest BCUT2D eigenvalue weighted by atomic mass is 9.93. The molecule has 0 saturated carbocycles. The molecule has 0 spiro atoms. The molecule has 0 radical (unpaired) electrons. The van der Waals surface area contributed by atoms with E-state index in [1.165, 1.54) is 32.0 Å². The molecular formula is C11H11F3O. The van der Waals surface area contributed by atoms with Crippen molar-refractivity contribution >= 4 is 5.78 Å². The van der Waals surface area contributed by atoms with Crippen molar-refractivity contribution in [2.75, 3.05) is 0 Å². The summed E-state index contributed by atoms with van der Waals surface area (Å²) >= 11 is 0. The van der Waals surface area contributed by atoms with Gasteiger partial charge in [-0.2, -0.15) is 13.2 Å². The third-order valence-corrected chi connectivity index (χ3v) is 2.34. The molecule has 1 atom stereocenters. The molecule has 0 N–H and O–H groups in total. The minimum absolute atomic E-state index is 0.0394. The van der Waals surface area contributed by atoms with Crippen molar-refractivity contribution in [1.82, 2.24) is 0 Å². The molecule has 82 valence electrons. The minimum atomic E-state index is -4.40. The molecule has 1 aromatic carbocycles. The number of hydrogen-bond donors (Lipinski definition) is 0. The fraction of sp³-hybridized carbons (Fsp3) is 0.364. The summed E-state index contributed by atoms with van der Waals surface area (Å²) in [7, 11) is 0. The van der Waals surface area contributed by atoms with Crippen LogP contribution in [-0.4, -0.2) is 5.78 Å². The zero-order valence-corrected chi connectivity index (χ0v) is 8.43. The van der Waals surface area contributed by atoms with E-state index in [1.807, 2.05) is 0 Å². The van der Waals surface area contributed by atoms with Crippen LogP contribution in [0.5, 0.6) is 0 Å². The maximum absolute atomic E-state index is 12.6. The average molecular weight is 216 g/mol. The number of carbonyl (C=O) groups is 1. The van der Waals surface area contributed by atoms with Crippen LogP contribution in [0.25, 0.3) is 0 Å². The first-order valence-electron chi connectivity index (χ1n) is 4.50. The number of rotatable bonds is 2. The van der Waals surface area contributed by atoms with E-state index in [9.17, 15) is 18.0 Å². The van der Waals surface area contributed by atoms with E-state index in [2.05, 4.69) is 0 Å². The van der Waals surface area contributed by atoms with Crippen LogP contribution >= 0.6 is 0 Å². The van der Waals surface area contributed by atoms with Gasteiger partial charge in [0, 0.05) is 5.92 Å². The van der Waals surface area contributed by atoms with Gasteiger partial charge in [-0.3, -0.25) is 4.79 Å². The minimum Gasteiger partial charge on any atom is -0.299 e. The highest BCUT2D eigenvalue weighted by Gasteiger charge is 2.34. The fourth-order valence-corrected chi connectivity index (χ4v) is 1.35. The molecule has 0 heterocycles. The summed E-state index contributed by atoms with van der Waals surface area (Å²) in [5, 5.41) is 0. The smallest absolute Gasteiger partial charge is 0.299 e. The standard InChI is InChI=1S/C11H11F3O/c1-7(8(2)15)9-5-3-4-6-10(9)11(12,13)14/h3-7H,1-2H3/t7-/m0/s1. The molecule has 0 unspecified atom stereocenters. The summed E-state index contributed by atoms with van der Waals surface area (Å²) in [6.07, 6.45) is -4.40. The van der Waals surface area contributed by atoms with Crippen molar-refractivity contribution in [3.8, 4) is 0 Å². The van der Waals surface area contributed by atoms with Gasteiger partial charge in [-0.25, -0.2) is 0 Å². The van der Waals surface area contributed by atoms with Crippen molar-refractivity contribution in [3.05, 3.63) is 35.4 Å². The zero-order valence-electron chi connectivity index (χ0n) is 8.43. The first kappa shape index (κ1) is 11.8. The van der Waals surface area contributed by atoms with Gasteiger partial charge in [0.15, 0.2) is 0 Å². The van der Waals surface area contributed by atoms with Gasteiger partial charge in [0.2, 0.25) is 0 Å². The second kappa shape index (κ2) is 4.04. The van der Waals surface area contributed by atoms with Crippen LogP contribution < -0.4 is 0 Å². The second-order valence-corrected chi connectivity index (χ2v) is 3.42. The lowest BCUT2D eigenvalue weighted by Crippen LogP contribution is -2.14. The Morgan fingerprint density at radius 1 is 1.27 bits per heavy atom. The maximum Gasteiger partial charge on any atom is 0.416 e. The van der Waals surface area contributed by atoms with Crippen LogP contribution in [0.15, 0.2) is 24.3 Å². The van der Waals surface area contributed by atoms with Crippen molar-refractivity contribution < 1.29 is 18.0 Å². The first-order chi connectivity index (χ1) is 6.84. The normalized spacial score (nSPS) is 13.7. The number of halogens is 3. The van der Waals surface area contributed by atoms with E-state index < -0.39 is 17.7 Å². The Hall–Kier alpha value is -1.32. The van der Waals surface area contributed by atoms with Crippen LogP contribution in [0.2, 0.25) is 0 Å². The quantitative estimate of drug-likeness (QED) is 0.740. The number of ketones is 1. The average Bonchev–Trinajstić information content (AvgIpc) is 2.15. The molecule has 1 nitrogen and oxygen atoms in total. The van der Waals surface area contributed by atoms with Gasteiger partial charge < -0.3 is 0 Å². The van der Waals surface area contributed by atoms with Gasteiger partial charge in [0.1, 0.15) is 5.78 Å². The molecule has 0 saturated heterocycles. The monoisotopic (exact) mass is 216 g/mol. The second-order valence-electron chi connectivity index (χ2n) is 3.42. The summed E-state index contributed by atoms with van der Waals surface area (Å²) < 4.78 is 37.7. The molecular weight excluding hydrogens is 205 g/mol. The maximum atomic E-state index is 12.6. The van der Waals surface area contributed by atoms with Gasteiger partial charge in [0.25, 0.3) is 0 Å². The Labute approximate surface area is 85.9 Å². The SMILES string of the molecule is CC(=O)[C@H](C)c1ccccc1C(F)(F)F. The lowest BCUT2D eigenvalue weighted by molar-refractivity contribution is -0.138. The predicted octanol–water partition coefficient (Wildman–Crippen LogP) is 3.40. The van der Waals surface area contributed by atoms with E-state index in [1.54, 1.807) is 0 Å². The van der Waals surface area contributed by atoms with E-state index in [4.69, 9.17) is 0 Å². The number of alkyl halides is 3. The summed E-state index contributed by atoms with van der Waals surface area (Å²) in [5.41, 5.74) is -0.690. The third-order valence-electron chi connectivity index (χ3n) is 2.34. The van der Waals surface area contributed by atoms with Gasteiger partial charge in [-0.15, -0.1) is 0 Å². The Morgan fingerprint density at radius 3 is 2.27 bits per heavy atom. The molecule has 0 aromatic heterocycles. The Morgan fingerprint density at radius 2 is 1.80 bits per heavy atom. The Balaban J connectivity index is 3.24. The van der Waals surface area contributed by atoms with Gasteiger partial charge in [0.05, 0.1) is 5.56 Å². The molecule has 0 aliphatic carbocycles. The largest absolute Gasteiger partial charge is 0.416 e. The highest BCUT2D eigenvalue weighted by Crippen LogP contribution is 2.35. The molecule has 1 rings (SSSR count). The van der Waals surface area contributed by atoms with Crippen LogP contribution in [0.1, 0.15) is 30.9 Å². The summed E-state index contributed by atoms with van der Waals surface area (Å²) in [6.45, 7) is 2.77. The number of benzene rings is 1. The summed E-state index contributed by atoms with van der Waals surface area (Å²) in [5.74, 6) is -0.991. The number of carbonyl (C=O) groups excluding carboxylic acids is 1. The van der Waals surface area contributed by atoms with Gasteiger partial charge in [-0.1, -0.05) is 25.1 Å². The molecule has 15 heavy (non-hydrogen) atoms. The molecule has 0 amide bonds. The van der Waals surface area contributed by atoms with Crippen molar-refractivity contribution in [3.63, 3.8) is 0 Å². The molecule has 0 fully saturated rings. The fourth-order valence-electron chi connectivity index (χ4n) is 1.35. The molecule has 4 heteroatoms.